The first-order valence-corrected chi connectivity index (χ1v) is 6.31. The summed E-state index contributed by atoms with van der Waals surface area (Å²) in [4.78, 5) is 22.4. The molecule has 0 heterocycles. The van der Waals surface area contributed by atoms with Gasteiger partial charge in [-0.05, 0) is 42.4 Å². The molecule has 1 atom stereocenters. The van der Waals surface area contributed by atoms with E-state index >= 15 is 0 Å². The van der Waals surface area contributed by atoms with Crippen LogP contribution in [0.15, 0.2) is 18.2 Å². The Kier molecular flexibility index (Phi) is 2.59. The molecular formula is C14H14FNO3. The number of rotatable bonds is 4. The maximum absolute atomic E-state index is 13.6. The zero-order chi connectivity index (χ0) is 13.6. The lowest BCUT2D eigenvalue weighted by Gasteiger charge is -2.07. The second-order valence-electron chi connectivity index (χ2n) is 5.49. The number of aliphatic carboxylic acids is 1. The van der Waals surface area contributed by atoms with Gasteiger partial charge in [0.15, 0.2) is 0 Å². The first-order valence-electron chi connectivity index (χ1n) is 6.31. The molecule has 100 valence electrons. The van der Waals surface area contributed by atoms with E-state index < -0.39 is 11.8 Å². The number of amides is 1. The minimum atomic E-state index is -1.08. The number of carboxylic acids is 1. The number of carboxylic acid groups (broad SMARTS) is 1. The van der Waals surface area contributed by atoms with E-state index in [1.54, 1.807) is 6.07 Å². The molecule has 5 heteroatoms. The minimum Gasteiger partial charge on any atom is -0.481 e. The highest BCUT2D eigenvalue weighted by Crippen LogP contribution is 2.70. The van der Waals surface area contributed by atoms with Crippen LogP contribution >= 0.6 is 0 Å². The zero-order valence-electron chi connectivity index (χ0n) is 10.3. The van der Waals surface area contributed by atoms with Gasteiger partial charge in [-0.3, -0.25) is 9.59 Å². The molecule has 0 aromatic heterocycles. The van der Waals surface area contributed by atoms with Crippen LogP contribution in [0.5, 0.6) is 0 Å². The first-order chi connectivity index (χ1) is 9.00. The van der Waals surface area contributed by atoms with E-state index in [0.717, 1.165) is 19.3 Å². The van der Waals surface area contributed by atoms with E-state index in [9.17, 15) is 14.0 Å². The van der Waals surface area contributed by atoms with Gasteiger partial charge >= 0.3 is 5.97 Å². The summed E-state index contributed by atoms with van der Waals surface area (Å²) < 4.78 is 13.6. The molecular weight excluding hydrogens is 249 g/mol. The zero-order valence-corrected chi connectivity index (χ0v) is 10.3. The van der Waals surface area contributed by atoms with E-state index in [-0.39, 0.29) is 29.2 Å². The quantitative estimate of drug-likeness (QED) is 0.875. The maximum atomic E-state index is 13.6. The van der Waals surface area contributed by atoms with Crippen LogP contribution in [0.4, 0.5) is 10.1 Å². The van der Waals surface area contributed by atoms with Gasteiger partial charge in [0.05, 0.1) is 6.42 Å². The Balaban J connectivity index is 1.66. The number of carbonyl (C=O) groups is 2. The van der Waals surface area contributed by atoms with Gasteiger partial charge in [0, 0.05) is 11.6 Å². The van der Waals surface area contributed by atoms with E-state index in [0.29, 0.717) is 5.69 Å². The number of carbonyl (C=O) groups excluding carboxylic acids is 1. The Morgan fingerprint density at radius 3 is 2.68 bits per heavy atom. The molecule has 1 unspecified atom stereocenters. The minimum absolute atomic E-state index is 0.0529. The van der Waals surface area contributed by atoms with E-state index in [1.165, 1.54) is 12.1 Å². The van der Waals surface area contributed by atoms with Gasteiger partial charge in [-0.25, -0.2) is 4.39 Å². The largest absolute Gasteiger partial charge is 0.481 e. The molecule has 0 bridgehead atoms. The SMILES string of the molecule is O=C(O)Cc1ccc(NC(=O)C2CC23CC3)cc1F. The Bertz CT molecular complexity index is 566. The van der Waals surface area contributed by atoms with Gasteiger partial charge in [-0.1, -0.05) is 6.07 Å². The molecule has 19 heavy (non-hydrogen) atoms. The summed E-state index contributed by atoms with van der Waals surface area (Å²) in [5, 5.41) is 11.3. The molecule has 1 aromatic rings. The van der Waals surface area contributed by atoms with Crippen LogP contribution in [-0.2, 0) is 16.0 Å². The average Bonchev–Trinajstić information content (AvgIpc) is 3.23. The summed E-state index contributed by atoms with van der Waals surface area (Å²) in [7, 11) is 0. The molecule has 1 amide bonds. The first kappa shape index (κ1) is 12.1. The molecule has 2 aliphatic carbocycles. The summed E-state index contributed by atoms with van der Waals surface area (Å²) in [6.07, 6.45) is 2.83. The van der Waals surface area contributed by atoms with Crippen LogP contribution in [-0.4, -0.2) is 17.0 Å². The molecule has 2 N–H and O–H groups in total. The lowest BCUT2D eigenvalue weighted by atomic mass is 10.1. The van der Waals surface area contributed by atoms with Crippen LogP contribution in [0.25, 0.3) is 0 Å². The number of anilines is 1. The fraction of sp³-hybridized carbons (Fsp3) is 0.429. The van der Waals surface area contributed by atoms with Crippen molar-refractivity contribution in [1.29, 1.82) is 0 Å². The summed E-state index contributed by atoms with van der Waals surface area (Å²) in [6, 6.07) is 4.12. The molecule has 0 radical (unpaired) electrons. The van der Waals surface area contributed by atoms with Gasteiger partial charge < -0.3 is 10.4 Å². The summed E-state index contributed by atoms with van der Waals surface area (Å²) in [5.41, 5.74) is 0.779. The van der Waals surface area contributed by atoms with Crippen molar-refractivity contribution >= 4 is 17.6 Å². The van der Waals surface area contributed by atoms with Gasteiger partial charge in [0.25, 0.3) is 0 Å². The summed E-state index contributed by atoms with van der Waals surface area (Å²) in [5.74, 6) is -1.65. The number of nitrogens with one attached hydrogen (secondary N) is 1. The Labute approximate surface area is 109 Å². The standard InChI is InChI=1S/C14H14FNO3/c15-11-6-9(2-1-8(11)5-12(17)18)16-13(19)10-7-14(10)3-4-14/h1-2,6,10H,3-5,7H2,(H,16,19)(H,17,18). The van der Waals surface area contributed by atoms with E-state index in [4.69, 9.17) is 5.11 Å². The lowest BCUT2D eigenvalue weighted by molar-refractivity contribution is -0.136. The van der Waals surface area contributed by atoms with Crippen LogP contribution in [0.3, 0.4) is 0 Å². The Morgan fingerprint density at radius 1 is 1.42 bits per heavy atom. The van der Waals surface area contributed by atoms with Crippen molar-refractivity contribution in [2.24, 2.45) is 11.3 Å². The number of halogens is 1. The van der Waals surface area contributed by atoms with E-state index in [2.05, 4.69) is 5.32 Å². The molecule has 1 spiro atoms. The number of hydrogen-bond acceptors (Lipinski definition) is 2. The van der Waals surface area contributed by atoms with Crippen molar-refractivity contribution in [3.05, 3.63) is 29.6 Å². The third-order valence-electron chi connectivity index (χ3n) is 4.06. The highest BCUT2D eigenvalue weighted by Gasteiger charge is 2.65. The summed E-state index contributed by atoms with van der Waals surface area (Å²) in [6.45, 7) is 0. The third kappa shape index (κ3) is 2.32. The van der Waals surface area contributed by atoms with Gasteiger partial charge in [0.1, 0.15) is 5.82 Å². The lowest BCUT2D eigenvalue weighted by Crippen LogP contribution is -2.15. The van der Waals surface area contributed by atoms with Crippen LogP contribution in [0.2, 0.25) is 0 Å². The molecule has 1 aromatic carbocycles. The molecule has 3 rings (SSSR count). The highest BCUT2D eigenvalue weighted by molar-refractivity contribution is 5.95. The second kappa shape index (κ2) is 4.05. The normalized spacial score (nSPS) is 22.1. The predicted molar refractivity (Wildman–Crippen MR) is 66.1 cm³/mol. The Hall–Kier alpha value is -1.91. The van der Waals surface area contributed by atoms with Crippen LogP contribution in [0.1, 0.15) is 24.8 Å². The fourth-order valence-corrected chi connectivity index (χ4v) is 2.59. The van der Waals surface area contributed by atoms with Gasteiger partial charge in [-0.2, -0.15) is 0 Å². The highest BCUT2D eigenvalue weighted by atomic mass is 19.1. The molecule has 4 nitrogen and oxygen atoms in total. The maximum Gasteiger partial charge on any atom is 0.307 e. The van der Waals surface area contributed by atoms with E-state index in [1.807, 2.05) is 0 Å². The smallest absolute Gasteiger partial charge is 0.307 e. The van der Waals surface area contributed by atoms with Gasteiger partial charge in [-0.15, -0.1) is 0 Å². The van der Waals surface area contributed by atoms with Crippen molar-refractivity contribution in [2.75, 3.05) is 5.32 Å². The fourth-order valence-electron chi connectivity index (χ4n) is 2.59. The molecule has 2 aliphatic rings. The Morgan fingerprint density at radius 2 is 2.16 bits per heavy atom. The van der Waals surface area contributed by atoms with Crippen LogP contribution < -0.4 is 5.32 Å². The third-order valence-corrected chi connectivity index (χ3v) is 4.06. The predicted octanol–water partition coefficient (Wildman–Crippen LogP) is 2.19. The monoisotopic (exact) mass is 263 g/mol. The van der Waals surface area contributed by atoms with Crippen molar-refractivity contribution in [3.8, 4) is 0 Å². The van der Waals surface area contributed by atoms with Crippen molar-refractivity contribution in [1.82, 2.24) is 0 Å². The number of hydrogen-bond donors (Lipinski definition) is 2. The molecule has 2 fully saturated rings. The van der Waals surface area contributed by atoms with Crippen molar-refractivity contribution in [2.45, 2.75) is 25.7 Å². The molecule has 0 aliphatic heterocycles. The molecule has 2 saturated carbocycles. The number of benzene rings is 1. The van der Waals surface area contributed by atoms with Gasteiger partial charge in [0.2, 0.25) is 5.91 Å². The summed E-state index contributed by atoms with van der Waals surface area (Å²) >= 11 is 0. The van der Waals surface area contributed by atoms with Crippen molar-refractivity contribution in [3.63, 3.8) is 0 Å². The second-order valence-corrected chi connectivity index (χ2v) is 5.49. The topological polar surface area (TPSA) is 66.4 Å². The van der Waals surface area contributed by atoms with Crippen LogP contribution in [0, 0.1) is 17.2 Å². The van der Waals surface area contributed by atoms with Crippen molar-refractivity contribution < 1.29 is 19.1 Å². The molecule has 0 saturated heterocycles. The average molecular weight is 263 g/mol.